The quantitative estimate of drug-likeness (QED) is 0.755. The zero-order valence-corrected chi connectivity index (χ0v) is 10.7. The van der Waals surface area contributed by atoms with Gasteiger partial charge in [0.05, 0.1) is 0 Å². The fraction of sp³-hybridized carbons (Fsp3) is 1.00. The highest BCUT2D eigenvalue weighted by Gasteiger charge is 2.42. The topological polar surface area (TPSA) is 38.5 Å². The Morgan fingerprint density at radius 3 is 2.53 bits per heavy atom. The predicted octanol–water partition coefficient (Wildman–Crippen LogP) is 1.61. The lowest BCUT2D eigenvalue weighted by Gasteiger charge is -2.46. The van der Waals surface area contributed by atoms with Crippen molar-refractivity contribution in [1.29, 1.82) is 0 Å². The smallest absolute Gasteiger partial charge is 0.0480 e. The number of methoxy groups -OCH3 is 1. The van der Waals surface area contributed by atoms with Gasteiger partial charge in [0, 0.05) is 31.3 Å². The summed E-state index contributed by atoms with van der Waals surface area (Å²) in [5.74, 6) is 0. The number of nitrogens with zero attached hydrogens (tertiary/aromatic N) is 1. The molecule has 0 radical (unpaired) electrons. The Morgan fingerprint density at radius 2 is 2.13 bits per heavy atom. The maximum Gasteiger partial charge on any atom is 0.0480 e. The van der Waals surface area contributed by atoms with Crippen molar-refractivity contribution in [3.63, 3.8) is 0 Å². The minimum Gasteiger partial charge on any atom is -0.385 e. The molecule has 0 aromatic rings. The predicted molar refractivity (Wildman–Crippen MR) is 64.0 cm³/mol. The standard InChI is InChI=1S/C12H26N2O/c1-11(2)6-5-8-14(11)12(3,10-13)7-9-15-4/h5-10,13H2,1-4H3. The van der Waals surface area contributed by atoms with E-state index in [2.05, 4.69) is 25.7 Å². The third-order valence-corrected chi connectivity index (χ3v) is 3.84. The maximum absolute atomic E-state index is 5.95. The van der Waals surface area contributed by atoms with Crippen LogP contribution in [0.3, 0.4) is 0 Å². The summed E-state index contributed by atoms with van der Waals surface area (Å²) in [5.41, 5.74) is 6.34. The van der Waals surface area contributed by atoms with Crippen LogP contribution >= 0.6 is 0 Å². The van der Waals surface area contributed by atoms with Gasteiger partial charge in [-0.15, -0.1) is 0 Å². The second kappa shape index (κ2) is 4.81. The van der Waals surface area contributed by atoms with Gasteiger partial charge in [-0.05, 0) is 46.6 Å². The van der Waals surface area contributed by atoms with Crippen LogP contribution in [0, 0.1) is 0 Å². The SMILES string of the molecule is COCCC(C)(CN)N1CCCC1(C)C. The van der Waals surface area contributed by atoms with E-state index in [0.717, 1.165) is 13.0 Å². The van der Waals surface area contributed by atoms with Crippen LogP contribution in [0.25, 0.3) is 0 Å². The van der Waals surface area contributed by atoms with Crippen LogP contribution in [0.1, 0.15) is 40.0 Å². The minimum atomic E-state index is 0.0933. The van der Waals surface area contributed by atoms with E-state index in [4.69, 9.17) is 10.5 Å². The lowest BCUT2D eigenvalue weighted by atomic mass is 9.90. The number of nitrogens with two attached hydrogens (primary N) is 1. The monoisotopic (exact) mass is 214 g/mol. The van der Waals surface area contributed by atoms with Crippen LogP contribution in [0.5, 0.6) is 0 Å². The Bertz CT molecular complexity index is 206. The number of ether oxygens (including phenoxy) is 1. The summed E-state index contributed by atoms with van der Waals surface area (Å²) in [4.78, 5) is 2.57. The molecular weight excluding hydrogens is 188 g/mol. The minimum absolute atomic E-state index is 0.0933. The largest absolute Gasteiger partial charge is 0.385 e. The van der Waals surface area contributed by atoms with Gasteiger partial charge in [-0.3, -0.25) is 4.90 Å². The van der Waals surface area contributed by atoms with E-state index in [1.807, 2.05) is 0 Å². The van der Waals surface area contributed by atoms with Crippen molar-refractivity contribution in [2.24, 2.45) is 5.73 Å². The molecule has 0 bridgehead atoms. The zero-order chi connectivity index (χ0) is 11.5. The second-order valence-corrected chi connectivity index (χ2v) is 5.51. The van der Waals surface area contributed by atoms with Crippen LogP contribution in [0.2, 0.25) is 0 Å². The molecule has 0 aromatic carbocycles. The van der Waals surface area contributed by atoms with E-state index in [1.54, 1.807) is 7.11 Å². The molecule has 1 unspecified atom stereocenters. The molecule has 1 saturated heterocycles. The zero-order valence-electron chi connectivity index (χ0n) is 10.7. The first-order valence-corrected chi connectivity index (χ1v) is 5.93. The molecule has 1 rings (SSSR count). The molecule has 1 fully saturated rings. The highest BCUT2D eigenvalue weighted by molar-refractivity contribution is 4.99. The molecular formula is C12H26N2O. The van der Waals surface area contributed by atoms with Crippen molar-refractivity contribution in [2.75, 3.05) is 26.8 Å². The molecule has 1 aliphatic heterocycles. The maximum atomic E-state index is 5.95. The van der Waals surface area contributed by atoms with Crippen molar-refractivity contribution in [3.8, 4) is 0 Å². The first-order chi connectivity index (χ1) is 6.96. The first kappa shape index (κ1) is 12.9. The molecule has 0 aliphatic carbocycles. The molecule has 0 aromatic heterocycles. The Kier molecular flexibility index (Phi) is 4.15. The van der Waals surface area contributed by atoms with Gasteiger partial charge in [0.1, 0.15) is 0 Å². The van der Waals surface area contributed by atoms with Gasteiger partial charge in [0.2, 0.25) is 0 Å². The van der Waals surface area contributed by atoms with Gasteiger partial charge in [-0.1, -0.05) is 0 Å². The summed E-state index contributed by atoms with van der Waals surface area (Å²) >= 11 is 0. The normalized spacial score (nSPS) is 25.4. The third-order valence-electron chi connectivity index (χ3n) is 3.84. The molecule has 0 spiro atoms. The van der Waals surface area contributed by atoms with Crippen LogP contribution in [-0.4, -0.2) is 42.8 Å². The van der Waals surface area contributed by atoms with Crippen molar-refractivity contribution in [2.45, 2.75) is 51.1 Å². The Morgan fingerprint density at radius 1 is 1.47 bits per heavy atom. The van der Waals surface area contributed by atoms with Gasteiger partial charge in [0.25, 0.3) is 0 Å². The summed E-state index contributed by atoms with van der Waals surface area (Å²) < 4.78 is 5.18. The van der Waals surface area contributed by atoms with Crippen molar-refractivity contribution >= 4 is 0 Å². The number of hydrogen-bond acceptors (Lipinski definition) is 3. The molecule has 0 amide bonds. The molecule has 15 heavy (non-hydrogen) atoms. The Balaban J connectivity index is 2.71. The summed E-state index contributed by atoms with van der Waals surface area (Å²) in [7, 11) is 1.76. The van der Waals surface area contributed by atoms with E-state index in [-0.39, 0.29) is 5.54 Å². The van der Waals surface area contributed by atoms with Gasteiger partial charge >= 0.3 is 0 Å². The van der Waals surface area contributed by atoms with E-state index >= 15 is 0 Å². The third kappa shape index (κ3) is 2.71. The molecule has 2 N–H and O–H groups in total. The molecule has 90 valence electrons. The molecule has 1 heterocycles. The molecule has 0 saturated carbocycles. The van der Waals surface area contributed by atoms with Crippen molar-refractivity contribution < 1.29 is 4.74 Å². The van der Waals surface area contributed by atoms with Crippen LogP contribution in [-0.2, 0) is 4.74 Å². The average Bonchev–Trinajstić information content (AvgIpc) is 2.55. The molecule has 3 heteroatoms. The lowest BCUT2D eigenvalue weighted by molar-refractivity contribution is 0.0232. The lowest BCUT2D eigenvalue weighted by Crippen LogP contribution is -2.57. The first-order valence-electron chi connectivity index (χ1n) is 5.93. The highest BCUT2D eigenvalue weighted by Crippen LogP contribution is 2.36. The number of rotatable bonds is 5. The van der Waals surface area contributed by atoms with Gasteiger partial charge in [-0.2, -0.15) is 0 Å². The molecule has 1 aliphatic rings. The van der Waals surface area contributed by atoms with Crippen LogP contribution in [0.15, 0.2) is 0 Å². The van der Waals surface area contributed by atoms with E-state index in [9.17, 15) is 0 Å². The number of hydrogen-bond donors (Lipinski definition) is 1. The van der Waals surface area contributed by atoms with Gasteiger partial charge in [-0.25, -0.2) is 0 Å². The average molecular weight is 214 g/mol. The highest BCUT2D eigenvalue weighted by atomic mass is 16.5. The van der Waals surface area contributed by atoms with Gasteiger partial charge in [0.15, 0.2) is 0 Å². The summed E-state index contributed by atoms with van der Waals surface area (Å²) in [5, 5.41) is 0. The summed E-state index contributed by atoms with van der Waals surface area (Å²) in [6.45, 7) is 9.57. The second-order valence-electron chi connectivity index (χ2n) is 5.51. The fourth-order valence-corrected chi connectivity index (χ4v) is 2.78. The Hall–Kier alpha value is -0.120. The molecule has 3 nitrogen and oxygen atoms in total. The van der Waals surface area contributed by atoms with Crippen LogP contribution < -0.4 is 5.73 Å². The molecule has 1 atom stereocenters. The van der Waals surface area contributed by atoms with Crippen molar-refractivity contribution in [3.05, 3.63) is 0 Å². The summed E-state index contributed by atoms with van der Waals surface area (Å²) in [6, 6.07) is 0. The van der Waals surface area contributed by atoms with Gasteiger partial charge < -0.3 is 10.5 Å². The van der Waals surface area contributed by atoms with Crippen LogP contribution in [0.4, 0.5) is 0 Å². The van der Waals surface area contributed by atoms with Crippen molar-refractivity contribution in [1.82, 2.24) is 4.90 Å². The van der Waals surface area contributed by atoms with E-state index < -0.39 is 0 Å². The van der Waals surface area contributed by atoms with E-state index in [0.29, 0.717) is 12.1 Å². The van der Waals surface area contributed by atoms with E-state index in [1.165, 1.54) is 19.4 Å². The fourth-order valence-electron chi connectivity index (χ4n) is 2.78. The number of likely N-dealkylation sites (tertiary alicyclic amines) is 1. The summed E-state index contributed by atoms with van der Waals surface area (Å²) in [6.07, 6.45) is 3.58. The Labute approximate surface area is 94.0 Å².